The van der Waals surface area contributed by atoms with Gasteiger partial charge >= 0.3 is 0 Å². The molecule has 0 spiro atoms. The highest BCUT2D eigenvalue weighted by Crippen LogP contribution is 2.33. The SMILES string of the molecule is C#Cc1ccc(-c2cc3c(ccc4cc(Br)ccc43)o2)cc1. The standard InChI is InChI=1S/C20H11BrO/c1-2-13-3-5-14(6-4-13)20-12-18-17-9-8-16(21)11-15(17)7-10-19(18)22-20/h1,3-12H. The van der Waals surface area contributed by atoms with Crippen LogP contribution in [0, 0.1) is 12.3 Å². The topological polar surface area (TPSA) is 13.1 Å². The van der Waals surface area contributed by atoms with Crippen molar-refractivity contribution >= 4 is 37.7 Å². The summed E-state index contributed by atoms with van der Waals surface area (Å²) in [5.74, 6) is 3.48. The molecule has 0 saturated heterocycles. The molecule has 0 amide bonds. The summed E-state index contributed by atoms with van der Waals surface area (Å²) in [6, 6.07) is 20.3. The lowest BCUT2D eigenvalue weighted by molar-refractivity contribution is 0.632. The number of rotatable bonds is 1. The smallest absolute Gasteiger partial charge is 0.135 e. The maximum Gasteiger partial charge on any atom is 0.135 e. The van der Waals surface area contributed by atoms with Gasteiger partial charge in [-0.05, 0) is 47.2 Å². The van der Waals surface area contributed by atoms with Gasteiger partial charge < -0.3 is 4.42 Å². The molecule has 0 unspecified atom stereocenters. The summed E-state index contributed by atoms with van der Waals surface area (Å²) in [6.45, 7) is 0. The summed E-state index contributed by atoms with van der Waals surface area (Å²) in [4.78, 5) is 0. The van der Waals surface area contributed by atoms with Crippen molar-refractivity contribution < 1.29 is 4.42 Å². The number of furan rings is 1. The number of fused-ring (bicyclic) bond motifs is 3. The molecule has 4 rings (SSSR count). The summed E-state index contributed by atoms with van der Waals surface area (Å²) in [5, 5.41) is 3.51. The van der Waals surface area contributed by atoms with Crippen LogP contribution in [-0.4, -0.2) is 0 Å². The summed E-state index contributed by atoms with van der Waals surface area (Å²) >= 11 is 3.51. The summed E-state index contributed by atoms with van der Waals surface area (Å²) in [7, 11) is 0. The lowest BCUT2D eigenvalue weighted by atomic mass is 10.1. The lowest BCUT2D eigenvalue weighted by Gasteiger charge is -1.99. The molecule has 0 aliphatic carbocycles. The molecule has 3 aromatic carbocycles. The number of halogens is 1. The maximum atomic E-state index is 6.00. The average Bonchev–Trinajstić information content (AvgIpc) is 2.99. The van der Waals surface area contributed by atoms with Crippen LogP contribution in [0.3, 0.4) is 0 Å². The normalized spacial score (nSPS) is 10.9. The number of terminal acetylenes is 1. The van der Waals surface area contributed by atoms with Gasteiger partial charge in [0.05, 0.1) is 0 Å². The van der Waals surface area contributed by atoms with E-state index in [1.54, 1.807) is 0 Å². The zero-order chi connectivity index (χ0) is 15.1. The van der Waals surface area contributed by atoms with Crippen LogP contribution in [0.15, 0.2) is 69.6 Å². The zero-order valence-electron chi connectivity index (χ0n) is 11.6. The van der Waals surface area contributed by atoms with E-state index in [1.165, 1.54) is 10.8 Å². The Bertz CT molecular complexity index is 1030. The van der Waals surface area contributed by atoms with E-state index in [0.29, 0.717) is 0 Å². The molecule has 0 bridgehead atoms. The van der Waals surface area contributed by atoms with E-state index in [0.717, 1.165) is 32.3 Å². The van der Waals surface area contributed by atoms with Gasteiger partial charge in [0.1, 0.15) is 11.3 Å². The fourth-order valence-electron chi connectivity index (χ4n) is 2.69. The Hall–Kier alpha value is -2.50. The Morgan fingerprint density at radius 2 is 1.68 bits per heavy atom. The van der Waals surface area contributed by atoms with Crippen molar-refractivity contribution in [1.82, 2.24) is 0 Å². The van der Waals surface area contributed by atoms with Gasteiger partial charge in [-0.3, -0.25) is 0 Å². The molecule has 0 saturated carbocycles. The van der Waals surface area contributed by atoms with Crippen molar-refractivity contribution in [3.8, 4) is 23.7 Å². The van der Waals surface area contributed by atoms with Crippen LogP contribution in [0.5, 0.6) is 0 Å². The average molecular weight is 347 g/mol. The Kier molecular flexibility index (Phi) is 3.03. The fourth-order valence-corrected chi connectivity index (χ4v) is 3.07. The van der Waals surface area contributed by atoms with Crippen molar-refractivity contribution in [2.75, 3.05) is 0 Å². The molecule has 0 fully saturated rings. The van der Waals surface area contributed by atoms with E-state index in [1.807, 2.05) is 30.3 Å². The van der Waals surface area contributed by atoms with Gasteiger partial charge in [0.15, 0.2) is 0 Å². The van der Waals surface area contributed by atoms with Crippen molar-refractivity contribution in [3.05, 3.63) is 70.7 Å². The van der Waals surface area contributed by atoms with Crippen LogP contribution in [0.1, 0.15) is 5.56 Å². The van der Waals surface area contributed by atoms with E-state index in [4.69, 9.17) is 10.8 Å². The van der Waals surface area contributed by atoms with Crippen LogP contribution in [0.4, 0.5) is 0 Å². The highest BCUT2D eigenvalue weighted by atomic mass is 79.9. The molecule has 0 N–H and O–H groups in total. The first-order valence-electron chi connectivity index (χ1n) is 6.93. The first kappa shape index (κ1) is 13.2. The summed E-state index contributed by atoms with van der Waals surface area (Å²) < 4.78 is 7.08. The van der Waals surface area contributed by atoms with E-state index >= 15 is 0 Å². The van der Waals surface area contributed by atoms with Crippen LogP contribution in [-0.2, 0) is 0 Å². The molecule has 1 nitrogen and oxygen atoms in total. The lowest BCUT2D eigenvalue weighted by Crippen LogP contribution is -1.75. The maximum absolute atomic E-state index is 6.00. The van der Waals surface area contributed by atoms with E-state index in [-0.39, 0.29) is 0 Å². The third-order valence-electron chi connectivity index (χ3n) is 3.81. The molecule has 0 atom stereocenters. The van der Waals surface area contributed by atoms with Crippen molar-refractivity contribution in [2.45, 2.75) is 0 Å². The van der Waals surface area contributed by atoms with Gasteiger partial charge in [0, 0.05) is 21.0 Å². The van der Waals surface area contributed by atoms with Crippen LogP contribution >= 0.6 is 15.9 Å². The monoisotopic (exact) mass is 346 g/mol. The van der Waals surface area contributed by atoms with Crippen molar-refractivity contribution in [2.24, 2.45) is 0 Å². The van der Waals surface area contributed by atoms with Gasteiger partial charge in [0.2, 0.25) is 0 Å². The molecule has 22 heavy (non-hydrogen) atoms. The highest BCUT2D eigenvalue weighted by Gasteiger charge is 2.09. The largest absolute Gasteiger partial charge is 0.456 e. The molecular weight excluding hydrogens is 336 g/mol. The predicted molar refractivity (Wildman–Crippen MR) is 94.8 cm³/mol. The molecule has 0 radical (unpaired) electrons. The van der Waals surface area contributed by atoms with E-state index in [2.05, 4.69) is 52.2 Å². The van der Waals surface area contributed by atoms with E-state index in [9.17, 15) is 0 Å². The Labute approximate surface area is 136 Å². The summed E-state index contributed by atoms with van der Waals surface area (Å²) in [5.41, 5.74) is 2.79. The molecule has 1 heterocycles. The molecule has 104 valence electrons. The quantitative estimate of drug-likeness (QED) is 0.385. The van der Waals surface area contributed by atoms with Gasteiger partial charge in [-0.25, -0.2) is 0 Å². The van der Waals surface area contributed by atoms with Crippen molar-refractivity contribution in [3.63, 3.8) is 0 Å². The predicted octanol–water partition coefficient (Wildman–Crippen LogP) is 6.00. The zero-order valence-corrected chi connectivity index (χ0v) is 13.2. The molecule has 2 heteroatoms. The van der Waals surface area contributed by atoms with Crippen LogP contribution < -0.4 is 0 Å². The first-order chi connectivity index (χ1) is 10.7. The number of hydrogen-bond donors (Lipinski definition) is 0. The third-order valence-corrected chi connectivity index (χ3v) is 4.31. The van der Waals surface area contributed by atoms with Gasteiger partial charge in [-0.15, -0.1) is 6.42 Å². The number of hydrogen-bond acceptors (Lipinski definition) is 1. The van der Waals surface area contributed by atoms with Gasteiger partial charge in [-0.2, -0.15) is 0 Å². The van der Waals surface area contributed by atoms with Crippen LogP contribution in [0.25, 0.3) is 33.1 Å². The first-order valence-corrected chi connectivity index (χ1v) is 7.73. The van der Waals surface area contributed by atoms with Gasteiger partial charge in [-0.1, -0.05) is 46.1 Å². The second-order valence-electron chi connectivity index (χ2n) is 5.18. The Morgan fingerprint density at radius 1 is 0.864 bits per heavy atom. The molecule has 1 aromatic heterocycles. The van der Waals surface area contributed by atoms with E-state index < -0.39 is 0 Å². The van der Waals surface area contributed by atoms with Crippen LogP contribution in [0.2, 0.25) is 0 Å². The summed E-state index contributed by atoms with van der Waals surface area (Å²) in [6.07, 6.45) is 5.40. The minimum absolute atomic E-state index is 0.856. The third kappa shape index (κ3) is 2.11. The second-order valence-corrected chi connectivity index (χ2v) is 6.09. The van der Waals surface area contributed by atoms with Gasteiger partial charge in [0.25, 0.3) is 0 Å². The van der Waals surface area contributed by atoms with Crippen molar-refractivity contribution in [1.29, 1.82) is 0 Å². The highest BCUT2D eigenvalue weighted by molar-refractivity contribution is 9.10. The molecular formula is C20H11BrO. The molecule has 0 aliphatic heterocycles. The number of benzene rings is 3. The fraction of sp³-hybridized carbons (Fsp3) is 0. The Balaban J connectivity index is 1.93. The minimum Gasteiger partial charge on any atom is -0.456 e. The second kappa shape index (κ2) is 5.05. The minimum atomic E-state index is 0.856. The Morgan fingerprint density at radius 3 is 2.45 bits per heavy atom. The molecule has 4 aromatic rings. The molecule has 0 aliphatic rings.